The lowest BCUT2D eigenvalue weighted by Gasteiger charge is -2.54. The van der Waals surface area contributed by atoms with Crippen LogP contribution in [-0.2, 0) is 9.53 Å². The lowest BCUT2D eigenvalue weighted by molar-refractivity contribution is -0.153. The van der Waals surface area contributed by atoms with Crippen LogP contribution in [0.15, 0.2) is 0 Å². The number of nitrogens with zero attached hydrogens (tertiary/aromatic N) is 1. The summed E-state index contributed by atoms with van der Waals surface area (Å²) in [6.07, 6.45) is 3.37. The fraction of sp³-hybridized carbons (Fsp3) is 0.938. The lowest BCUT2D eigenvalue weighted by atomic mass is 9.59. The van der Waals surface area contributed by atoms with Crippen molar-refractivity contribution in [2.75, 3.05) is 20.7 Å². The molecule has 0 unspecified atom stereocenters. The van der Waals surface area contributed by atoms with Crippen molar-refractivity contribution < 1.29 is 9.53 Å². The Morgan fingerprint density at radius 1 is 1.40 bits per heavy atom. The van der Waals surface area contributed by atoms with Gasteiger partial charge in [-0.1, -0.05) is 20.8 Å². The Hall–Kier alpha value is -0.610. The van der Waals surface area contributed by atoms with Crippen LogP contribution in [0.1, 0.15) is 47.0 Å². The molecule has 0 heterocycles. The SMILES string of the molecule is CCOC(=O)[C@@H](N)[C@]1(N(C)C)C[C@@H]2CC[C@@]1(C)C2(C)C. The number of likely N-dealkylation sites (N-methyl/N-ethyl adjacent to an activating group) is 1. The largest absolute Gasteiger partial charge is 0.465 e. The van der Waals surface area contributed by atoms with E-state index >= 15 is 0 Å². The van der Waals surface area contributed by atoms with E-state index in [1.165, 1.54) is 6.42 Å². The molecule has 2 aliphatic carbocycles. The first-order valence-corrected chi connectivity index (χ1v) is 7.75. The van der Waals surface area contributed by atoms with Gasteiger partial charge < -0.3 is 15.4 Å². The highest BCUT2D eigenvalue weighted by atomic mass is 16.5. The zero-order chi connectivity index (χ0) is 15.3. The molecule has 0 spiro atoms. The van der Waals surface area contributed by atoms with Gasteiger partial charge in [-0.05, 0) is 57.0 Å². The average Bonchev–Trinajstić information content (AvgIpc) is 2.69. The van der Waals surface area contributed by atoms with E-state index < -0.39 is 6.04 Å². The highest BCUT2D eigenvalue weighted by molar-refractivity contribution is 5.78. The molecule has 116 valence electrons. The van der Waals surface area contributed by atoms with Crippen molar-refractivity contribution in [2.24, 2.45) is 22.5 Å². The van der Waals surface area contributed by atoms with Gasteiger partial charge in [-0.3, -0.25) is 4.79 Å². The number of esters is 1. The fourth-order valence-electron chi connectivity index (χ4n) is 5.18. The number of hydrogen-bond donors (Lipinski definition) is 1. The third kappa shape index (κ3) is 1.64. The summed E-state index contributed by atoms with van der Waals surface area (Å²) in [6.45, 7) is 9.22. The van der Waals surface area contributed by atoms with Gasteiger partial charge in [0.1, 0.15) is 6.04 Å². The van der Waals surface area contributed by atoms with Crippen molar-refractivity contribution >= 4 is 5.97 Å². The summed E-state index contributed by atoms with van der Waals surface area (Å²) in [4.78, 5) is 14.5. The lowest BCUT2D eigenvalue weighted by Crippen LogP contribution is -2.68. The van der Waals surface area contributed by atoms with Crippen molar-refractivity contribution in [3.8, 4) is 0 Å². The van der Waals surface area contributed by atoms with E-state index in [0.29, 0.717) is 12.5 Å². The summed E-state index contributed by atoms with van der Waals surface area (Å²) in [5, 5.41) is 0. The van der Waals surface area contributed by atoms with Gasteiger partial charge in [-0.15, -0.1) is 0 Å². The van der Waals surface area contributed by atoms with Crippen LogP contribution in [0.3, 0.4) is 0 Å². The van der Waals surface area contributed by atoms with Crippen LogP contribution in [0.4, 0.5) is 0 Å². The molecule has 4 heteroatoms. The van der Waals surface area contributed by atoms with Crippen molar-refractivity contribution in [1.29, 1.82) is 0 Å². The molecule has 4 nitrogen and oxygen atoms in total. The Morgan fingerprint density at radius 3 is 2.35 bits per heavy atom. The Labute approximate surface area is 123 Å². The predicted molar refractivity (Wildman–Crippen MR) is 80.3 cm³/mol. The number of carbonyl (C=O) groups excluding carboxylic acids is 1. The maximum Gasteiger partial charge on any atom is 0.324 e. The Balaban J connectivity index is 2.46. The standard InChI is InChI=1S/C16H30N2O2/c1-7-20-13(19)12(17)16(18(5)6)10-11-8-9-15(16,4)14(11,2)3/h11-12H,7-10,17H2,1-6H3/t11-,12+,15-,16+/m0/s1. The molecular formula is C16H30N2O2. The van der Waals surface area contributed by atoms with Crippen molar-refractivity contribution in [3.63, 3.8) is 0 Å². The highest BCUT2D eigenvalue weighted by Crippen LogP contribution is 2.71. The van der Waals surface area contributed by atoms with E-state index in [4.69, 9.17) is 10.5 Å². The van der Waals surface area contributed by atoms with Crippen molar-refractivity contribution in [3.05, 3.63) is 0 Å². The molecule has 0 radical (unpaired) electrons. The Bertz CT molecular complexity index is 407. The van der Waals surface area contributed by atoms with E-state index in [9.17, 15) is 4.79 Å². The molecule has 0 aliphatic heterocycles. The van der Waals surface area contributed by atoms with Crippen LogP contribution >= 0.6 is 0 Å². The molecular weight excluding hydrogens is 252 g/mol. The van der Waals surface area contributed by atoms with E-state index in [2.05, 4.69) is 39.8 Å². The summed E-state index contributed by atoms with van der Waals surface area (Å²) in [5.74, 6) is 0.376. The van der Waals surface area contributed by atoms with E-state index in [0.717, 1.165) is 12.8 Å². The second kappa shape index (κ2) is 4.70. The van der Waals surface area contributed by atoms with Crippen molar-refractivity contribution in [1.82, 2.24) is 4.90 Å². The van der Waals surface area contributed by atoms with Crippen LogP contribution in [0.5, 0.6) is 0 Å². The predicted octanol–water partition coefficient (Wildman–Crippen LogP) is 2.02. The van der Waals surface area contributed by atoms with Crippen LogP contribution in [0, 0.1) is 16.7 Å². The van der Waals surface area contributed by atoms with Crippen LogP contribution in [0.25, 0.3) is 0 Å². The van der Waals surface area contributed by atoms with Gasteiger partial charge in [-0.25, -0.2) is 0 Å². The quantitative estimate of drug-likeness (QED) is 0.802. The van der Waals surface area contributed by atoms with Gasteiger partial charge in [0.25, 0.3) is 0 Å². The zero-order valence-electron chi connectivity index (χ0n) is 13.8. The minimum atomic E-state index is -0.577. The maximum absolute atomic E-state index is 12.3. The van der Waals surface area contributed by atoms with Gasteiger partial charge in [0.15, 0.2) is 0 Å². The Morgan fingerprint density at radius 2 is 2.00 bits per heavy atom. The summed E-state index contributed by atoms with van der Waals surface area (Å²) in [5.41, 5.74) is 6.37. The number of ether oxygens (including phenoxy) is 1. The molecule has 2 N–H and O–H groups in total. The number of hydrogen-bond acceptors (Lipinski definition) is 4. The summed E-state index contributed by atoms with van der Waals surface area (Å²) >= 11 is 0. The number of rotatable bonds is 4. The van der Waals surface area contributed by atoms with E-state index in [1.807, 2.05) is 6.92 Å². The van der Waals surface area contributed by atoms with Gasteiger partial charge in [-0.2, -0.15) is 0 Å². The second-order valence-corrected chi connectivity index (χ2v) is 7.54. The van der Waals surface area contributed by atoms with Crippen molar-refractivity contribution in [2.45, 2.75) is 58.5 Å². The number of carbonyl (C=O) groups is 1. The van der Waals surface area contributed by atoms with Crippen LogP contribution < -0.4 is 5.73 Å². The third-order valence-corrected chi connectivity index (χ3v) is 6.80. The summed E-state index contributed by atoms with van der Waals surface area (Å²) in [6, 6.07) is -0.577. The topological polar surface area (TPSA) is 55.6 Å². The molecule has 2 aliphatic rings. The molecule has 2 rings (SSSR count). The van der Waals surface area contributed by atoms with E-state index in [-0.39, 0.29) is 22.3 Å². The normalized spacial score (nSPS) is 40.1. The first kappa shape index (κ1) is 15.8. The molecule has 0 aromatic heterocycles. The fourth-order valence-corrected chi connectivity index (χ4v) is 5.18. The zero-order valence-corrected chi connectivity index (χ0v) is 13.8. The van der Waals surface area contributed by atoms with Crippen LogP contribution in [0.2, 0.25) is 0 Å². The number of fused-ring (bicyclic) bond motifs is 2. The molecule has 20 heavy (non-hydrogen) atoms. The molecule has 2 fully saturated rings. The highest BCUT2D eigenvalue weighted by Gasteiger charge is 2.72. The minimum Gasteiger partial charge on any atom is -0.465 e. The van der Waals surface area contributed by atoms with E-state index in [1.54, 1.807) is 0 Å². The molecule has 0 amide bonds. The molecule has 0 aromatic rings. The number of nitrogens with two attached hydrogens (primary N) is 1. The monoisotopic (exact) mass is 282 g/mol. The second-order valence-electron chi connectivity index (χ2n) is 7.54. The van der Waals surface area contributed by atoms with Crippen LogP contribution in [-0.4, -0.2) is 43.2 Å². The molecule has 2 bridgehead atoms. The summed E-state index contributed by atoms with van der Waals surface area (Å²) in [7, 11) is 4.11. The van der Waals surface area contributed by atoms with Gasteiger partial charge >= 0.3 is 5.97 Å². The molecule has 0 saturated heterocycles. The maximum atomic E-state index is 12.3. The minimum absolute atomic E-state index is 0.0420. The molecule has 2 saturated carbocycles. The molecule has 0 aromatic carbocycles. The van der Waals surface area contributed by atoms with Gasteiger partial charge in [0.05, 0.1) is 12.1 Å². The summed E-state index contributed by atoms with van der Waals surface area (Å²) < 4.78 is 5.22. The first-order chi connectivity index (χ1) is 9.15. The van der Waals surface area contributed by atoms with Gasteiger partial charge in [0.2, 0.25) is 0 Å². The van der Waals surface area contributed by atoms with Gasteiger partial charge in [0, 0.05) is 0 Å². The smallest absolute Gasteiger partial charge is 0.324 e. The average molecular weight is 282 g/mol. The molecule has 4 atom stereocenters. The first-order valence-electron chi connectivity index (χ1n) is 7.75. The Kier molecular flexibility index (Phi) is 3.71. The third-order valence-electron chi connectivity index (χ3n) is 6.80.